The van der Waals surface area contributed by atoms with E-state index in [1.165, 1.54) is 4.90 Å². The zero-order valence-electron chi connectivity index (χ0n) is 12.5. The van der Waals surface area contributed by atoms with Crippen molar-refractivity contribution in [2.45, 2.75) is 39.2 Å². The number of aliphatic carboxylic acids is 1. The van der Waals surface area contributed by atoms with Gasteiger partial charge in [-0.15, -0.1) is 0 Å². The van der Waals surface area contributed by atoms with E-state index in [4.69, 9.17) is 0 Å². The van der Waals surface area contributed by atoms with E-state index in [2.05, 4.69) is 5.32 Å². The van der Waals surface area contributed by atoms with E-state index in [-0.39, 0.29) is 18.1 Å². The summed E-state index contributed by atoms with van der Waals surface area (Å²) in [6, 6.07) is -1.32. The van der Waals surface area contributed by atoms with Crippen LogP contribution in [0.15, 0.2) is 0 Å². The third-order valence-electron chi connectivity index (χ3n) is 3.96. The molecule has 0 aromatic heterocycles. The predicted molar refractivity (Wildman–Crippen MR) is 78.9 cm³/mol. The van der Waals surface area contributed by atoms with Crippen molar-refractivity contribution in [3.8, 4) is 0 Å². The summed E-state index contributed by atoms with van der Waals surface area (Å²) in [5.41, 5.74) is 0. The molecular formula is C13H24N2O5S. The monoisotopic (exact) mass is 320 g/mol. The van der Waals surface area contributed by atoms with Gasteiger partial charge in [0.25, 0.3) is 0 Å². The van der Waals surface area contributed by atoms with Gasteiger partial charge in [0.1, 0.15) is 6.04 Å². The average molecular weight is 320 g/mol. The lowest BCUT2D eigenvalue weighted by molar-refractivity contribution is -0.144. The SMILES string of the molecule is CCC1CCN(C(=O)NCCS(=O)(=O)CC)C(C(=O)O)C1. The van der Waals surface area contributed by atoms with Gasteiger partial charge in [0, 0.05) is 18.8 Å². The Bertz CT molecular complexity index is 477. The molecule has 8 heteroatoms. The Balaban J connectivity index is 2.57. The van der Waals surface area contributed by atoms with Crippen LogP contribution in [0.3, 0.4) is 0 Å². The summed E-state index contributed by atoms with van der Waals surface area (Å²) in [5.74, 6) is -0.791. The Morgan fingerprint density at radius 1 is 1.33 bits per heavy atom. The number of urea groups is 1. The van der Waals surface area contributed by atoms with Crippen molar-refractivity contribution in [3.05, 3.63) is 0 Å². The molecule has 2 unspecified atom stereocenters. The second-order valence-electron chi connectivity index (χ2n) is 5.31. The Morgan fingerprint density at radius 2 is 2.00 bits per heavy atom. The van der Waals surface area contributed by atoms with Crippen LogP contribution in [0, 0.1) is 5.92 Å². The Kier molecular flexibility index (Phi) is 6.44. The fourth-order valence-corrected chi connectivity index (χ4v) is 3.15. The van der Waals surface area contributed by atoms with Crippen molar-refractivity contribution >= 4 is 21.8 Å². The van der Waals surface area contributed by atoms with Crippen LogP contribution >= 0.6 is 0 Å². The van der Waals surface area contributed by atoms with Gasteiger partial charge in [0.05, 0.1) is 5.75 Å². The molecule has 1 aliphatic rings. The lowest BCUT2D eigenvalue weighted by Crippen LogP contribution is -2.54. The molecule has 0 bridgehead atoms. The molecule has 0 aromatic carbocycles. The van der Waals surface area contributed by atoms with Gasteiger partial charge in [-0.1, -0.05) is 20.3 Å². The zero-order valence-corrected chi connectivity index (χ0v) is 13.4. The maximum absolute atomic E-state index is 12.0. The fourth-order valence-electron chi connectivity index (χ4n) is 2.45. The van der Waals surface area contributed by atoms with Crippen molar-refractivity contribution in [2.24, 2.45) is 5.92 Å². The smallest absolute Gasteiger partial charge is 0.326 e. The molecule has 0 saturated carbocycles. The minimum atomic E-state index is -3.14. The molecule has 1 heterocycles. The molecule has 1 rings (SSSR count). The van der Waals surface area contributed by atoms with Crippen molar-refractivity contribution in [2.75, 3.05) is 24.6 Å². The van der Waals surface area contributed by atoms with Crippen LogP contribution in [0.4, 0.5) is 4.79 Å². The topological polar surface area (TPSA) is 104 Å². The highest BCUT2D eigenvalue weighted by Gasteiger charge is 2.35. The largest absolute Gasteiger partial charge is 0.480 e. The van der Waals surface area contributed by atoms with Crippen molar-refractivity contribution in [1.29, 1.82) is 0 Å². The minimum absolute atomic E-state index is 0.00898. The number of sulfone groups is 1. The summed E-state index contributed by atoms with van der Waals surface area (Å²) < 4.78 is 22.7. The Labute approximate surface area is 125 Å². The van der Waals surface area contributed by atoms with Gasteiger partial charge in [0.15, 0.2) is 9.84 Å². The molecule has 21 heavy (non-hydrogen) atoms. The first kappa shape index (κ1) is 17.7. The predicted octanol–water partition coefficient (Wildman–Crippen LogP) is 0.706. The minimum Gasteiger partial charge on any atom is -0.480 e. The number of carboxylic acids is 1. The molecule has 1 saturated heterocycles. The van der Waals surface area contributed by atoms with Crippen molar-refractivity contribution in [1.82, 2.24) is 10.2 Å². The molecule has 0 radical (unpaired) electrons. The van der Waals surface area contributed by atoms with Crippen LogP contribution in [-0.4, -0.2) is 61.1 Å². The number of carbonyl (C=O) groups excluding carboxylic acids is 1. The van der Waals surface area contributed by atoms with Crippen LogP contribution in [-0.2, 0) is 14.6 Å². The number of nitrogens with one attached hydrogen (secondary N) is 1. The lowest BCUT2D eigenvalue weighted by Gasteiger charge is -2.36. The fraction of sp³-hybridized carbons (Fsp3) is 0.846. The van der Waals surface area contributed by atoms with E-state index in [0.29, 0.717) is 18.9 Å². The number of amides is 2. The van der Waals surface area contributed by atoms with Crippen LogP contribution in [0.25, 0.3) is 0 Å². The molecule has 2 atom stereocenters. The third-order valence-corrected chi connectivity index (χ3v) is 5.67. The molecule has 7 nitrogen and oxygen atoms in total. The van der Waals surface area contributed by atoms with E-state index in [1.54, 1.807) is 6.92 Å². The number of likely N-dealkylation sites (tertiary alicyclic amines) is 1. The quantitative estimate of drug-likeness (QED) is 0.750. The second kappa shape index (κ2) is 7.63. The number of hydrogen-bond acceptors (Lipinski definition) is 4. The summed E-state index contributed by atoms with van der Waals surface area (Å²) in [5, 5.41) is 11.8. The highest BCUT2D eigenvalue weighted by molar-refractivity contribution is 7.91. The molecular weight excluding hydrogens is 296 g/mol. The van der Waals surface area contributed by atoms with Gasteiger partial charge in [-0.3, -0.25) is 0 Å². The number of piperidine rings is 1. The summed E-state index contributed by atoms with van der Waals surface area (Å²) in [6.45, 7) is 3.96. The molecule has 2 amide bonds. The van der Waals surface area contributed by atoms with Gasteiger partial charge >= 0.3 is 12.0 Å². The Morgan fingerprint density at radius 3 is 2.52 bits per heavy atom. The second-order valence-corrected chi connectivity index (χ2v) is 7.79. The molecule has 0 aliphatic carbocycles. The normalized spacial score (nSPS) is 22.9. The molecule has 2 N–H and O–H groups in total. The van der Waals surface area contributed by atoms with Crippen molar-refractivity contribution in [3.63, 3.8) is 0 Å². The maximum Gasteiger partial charge on any atom is 0.326 e. The molecule has 0 aromatic rings. The highest BCUT2D eigenvalue weighted by Crippen LogP contribution is 2.25. The lowest BCUT2D eigenvalue weighted by atomic mass is 9.89. The van der Waals surface area contributed by atoms with E-state index in [9.17, 15) is 23.1 Å². The molecule has 1 aliphatic heterocycles. The number of carboxylic acid groups (broad SMARTS) is 1. The summed E-state index contributed by atoms with van der Waals surface area (Å²) in [7, 11) is -3.14. The standard InChI is InChI=1S/C13H24N2O5S/c1-3-10-5-7-15(11(9-10)12(16)17)13(18)14-6-8-21(19,20)4-2/h10-11H,3-9H2,1-2H3,(H,14,18)(H,16,17). The summed E-state index contributed by atoms with van der Waals surface area (Å²) in [6.07, 6.45) is 2.13. The maximum atomic E-state index is 12.0. The van der Waals surface area contributed by atoms with E-state index in [1.807, 2.05) is 6.92 Å². The van der Waals surface area contributed by atoms with E-state index < -0.39 is 27.9 Å². The van der Waals surface area contributed by atoms with E-state index >= 15 is 0 Å². The van der Waals surface area contributed by atoms with Crippen LogP contribution in [0.1, 0.15) is 33.1 Å². The highest BCUT2D eigenvalue weighted by atomic mass is 32.2. The van der Waals surface area contributed by atoms with Gasteiger partial charge in [-0.05, 0) is 18.8 Å². The number of nitrogens with zero attached hydrogens (tertiary/aromatic N) is 1. The molecule has 0 spiro atoms. The van der Waals surface area contributed by atoms with Gasteiger partial charge in [0.2, 0.25) is 0 Å². The van der Waals surface area contributed by atoms with Crippen LogP contribution in [0.2, 0.25) is 0 Å². The summed E-state index contributed by atoms with van der Waals surface area (Å²) in [4.78, 5) is 24.6. The molecule has 122 valence electrons. The first-order valence-corrected chi connectivity index (χ1v) is 9.10. The first-order chi connectivity index (χ1) is 9.80. The van der Waals surface area contributed by atoms with E-state index in [0.717, 1.165) is 12.8 Å². The van der Waals surface area contributed by atoms with Crippen LogP contribution in [0.5, 0.6) is 0 Å². The van der Waals surface area contributed by atoms with Gasteiger partial charge < -0.3 is 15.3 Å². The zero-order chi connectivity index (χ0) is 16.0. The molecule has 1 fully saturated rings. The summed E-state index contributed by atoms with van der Waals surface area (Å²) >= 11 is 0. The number of carbonyl (C=O) groups is 2. The van der Waals surface area contributed by atoms with Gasteiger partial charge in [-0.2, -0.15) is 0 Å². The number of hydrogen-bond donors (Lipinski definition) is 2. The number of rotatable bonds is 6. The van der Waals surface area contributed by atoms with Crippen LogP contribution < -0.4 is 5.32 Å². The third kappa shape index (κ3) is 5.18. The van der Waals surface area contributed by atoms with Gasteiger partial charge in [-0.25, -0.2) is 18.0 Å². The average Bonchev–Trinajstić information content (AvgIpc) is 2.46. The first-order valence-electron chi connectivity index (χ1n) is 7.28. The Hall–Kier alpha value is -1.31. The van der Waals surface area contributed by atoms with Crippen molar-refractivity contribution < 1.29 is 23.1 Å².